The van der Waals surface area contributed by atoms with Gasteiger partial charge in [-0.15, -0.1) is 0 Å². The normalized spacial score (nSPS) is 10.5. The Bertz CT molecular complexity index is 1280. The fraction of sp³-hybridized carbons (Fsp3) is 0.115. The average Bonchev–Trinajstić information content (AvgIpc) is 3.30. The molecule has 1 heterocycles. The van der Waals surface area contributed by atoms with Gasteiger partial charge in [-0.3, -0.25) is 9.59 Å². The minimum atomic E-state index is -0.342. The Balaban J connectivity index is 1.73. The van der Waals surface area contributed by atoms with Crippen molar-refractivity contribution in [1.82, 2.24) is 15.1 Å². The number of amides is 2. The number of anilines is 1. The van der Waals surface area contributed by atoms with E-state index in [1.807, 2.05) is 61.5 Å². The molecule has 0 unspecified atom stereocenters. The van der Waals surface area contributed by atoms with Crippen molar-refractivity contribution in [2.24, 2.45) is 0 Å². The highest BCUT2D eigenvalue weighted by molar-refractivity contribution is 6.09. The lowest BCUT2D eigenvalue weighted by Gasteiger charge is -2.09. The van der Waals surface area contributed by atoms with Crippen LogP contribution in [0.15, 0.2) is 85.1 Å². The Morgan fingerprint density at radius 2 is 1.70 bits per heavy atom. The van der Waals surface area contributed by atoms with Crippen molar-refractivity contribution < 1.29 is 14.3 Å². The summed E-state index contributed by atoms with van der Waals surface area (Å²) in [6, 6.07) is 23.8. The van der Waals surface area contributed by atoms with Crippen molar-refractivity contribution >= 4 is 17.5 Å². The van der Waals surface area contributed by atoms with E-state index in [9.17, 15) is 9.59 Å². The number of rotatable bonds is 7. The molecule has 33 heavy (non-hydrogen) atoms. The molecule has 4 rings (SSSR count). The van der Waals surface area contributed by atoms with Crippen LogP contribution < -0.4 is 15.4 Å². The topological polar surface area (TPSA) is 85.3 Å². The quantitative estimate of drug-likeness (QED) is 0.442. The summed E-state index contributed by atoms with van der Waals surface area (Å²) in [6.07, 6.45) is 1.69. The maximum atomic E-state index is 13.4. The lowest BCUT2D eigenvalue weighted by Crippen LogP contribution is -2.22. The molecule has 0 saturated heterocycles. The number of benzene rings is 3. The standard InChI is InChI=1S/C26H24N4O3/c1-3-27-25(31)18-10-9-11-19(16-18)28-26(32)22-17-30(20-12-5-4-6-13-20)29-24(22)21-14-7-8-15-23(21)33-2/h4-17H,3H2,1-2H3,(H,27,31)(H,28,32). The minimum absolute atomic E-state index is 0.194. The number of aromatic nitrogens is 2. The van der Waals surface area contributed by atoms with Gasteiger partial charge in [0.05, 0.1) is 18.4 Å². The zero-order valence-corrected chi connectivity index (χ0v) is 18.4. The lowest BCUT2D eigenvalue weighted by molar-refractivity contribution is 0.0954. The van der Waals surface area contributed by atoms with Gasteiger partial charge in [-0.05, 0) is 49.4 Å². The molecule has 0 aliphatic carbocycles. The van der Waals surface area contributed by atoms with Crippen molar-refractivity contribution in [2.45, 2.75) is 6.92 Å². The third kappa shape index (κ3) is 4.77. The van der Waals surface area contributed by atoms with Crippen LogP contribution >= 0.6 is 0 Å². The number of nitrogens with one attached hydrogen (secondary N) is 2. The smallest absolute Gasteiger partial charge is 0.259 e. The summed E-state index contributed by atoms with van der Waals surface area (Å²) in [5.41, 5.74) is 3.39. The highest BCUT2D eigenvalue weighted by Gasteiger charge is 2.21. The second-order valence-corrected chi connectivity index (χ2v) is 7.27. The van der Waals surface area contributed by atoms with Crippen LogP contribution in [0.25, 0.3) is 16.9 Å². The molecule has 0 spiro atoms. The van der Waals surface area contributed by atoms with Crippen LogP contribution in [-0.4, -0.2) is 35.2 Å². The molecule has 4 aromatic rings. The molecule has 0 fully saturated rings. The highest BCUT2D eigenvalue weighted by atomic mass is 16.5. The molecule has 2 N–H and O–H groups in total. The molecule has 0 radical (unpaired) electrons. The first-order valence-corrected chi connectivity index (χ1v) is 10.6. The van der Waals surface area contributed by atoms with E-state index in [1.54, 1.807) is 42.3 Å². The zero-order chi connectivity index (χ0) is 23.2. The van der Waals surface area contributed by atoms with E-state index < -0.39 is 0 Å². The predicted molar refractivity (Wildman–Crippen MR) is 128 cm³/mol. The Labute approximate surface area is 192 Å². The van der Waals surface area contributed by atoms with Gasteiger partial charge in [-0.25, -0.2) is 4.68 Å². The summed E-state index contributed by atoms with van der Waals surface area (Å²) in [4.78, 5) is 25.5. The predicted octanol–water partition coefficient (Wildman–Crippen LogP) is 4.55. The number of hydrogen-bond donors (Lipinski definition) is 2. The van der Waals surface area contributed by atoms with Gasteiger partial charge in [0.15, 0.2) is 0 Å². The van der Waals surface area contributed by atoms with Crippen LogP contribution in [0, 0.1) is 0 Å². The molecule has 0 aliphatic heterocycles. The summed E-state index contributed by atoms with van der Waals surface area (Å²) in [5, 5.41) is 10.4. The molecule has 3 aromatic carbocycles. The average molecular weight is 441 g/mol. The van der Waals surface area contributed by atoms with E-state index in [0.29, 0.717) is 40.4 Å². The van der Waals surface area contributed by atoms with E-state index >= 15 is 0 Å². The van der Waals surface area contributed by atoms with Gasteiger partial charge in [-0.2, -0.15) is 5.10 Å². The number of ether oxygens (including phenoxy) is 1. The Morgan fingerprint density at radius 1 is 0.939 bits per heavy atom. The van der Waals surface area contributed by atoms with Gasteiger partial charge in [0, 0.05) is 29.6 Å². The van der Waals surface area contributed by atoms with Crippen LogP contribution in [0.5, 0.6) is 5.75 Å². The van der Waals surface area contributed by atoms with E-state index in [-0.39, 0.29) is 11.8 Å². The maximum Gasteiger partial charge on any atom is 0.259 e. The molecular formula is C26H24N4O3. The number of para-hydroxylation sites is 2. The largest absolute Gasteiger partial charge is 0.496 e. The molecule has 0 aliphatic rings. The molecule has 0 atom stereocenters. The molecule has 0 saturated carbocycles. The van der Waals surface area contributed by atoms with Gasteiger partial charge in [0.25, 0.3) is 11.8 Å². The first kappa shape index (κ1) is 21.8. The number of carbonyl (C=O) groups excluding carboxylic acids is 2. The van der Waals surface area contributed by atoms with Crippen LogP contribution in [0.1, 0.15) is 27.6 Å². The van der Waals surface area contributed by atoms with E-state index in [1.165, 1.54) is 0 Å². The number of carbonyl (C=O) groups is 2. The first-order chi connectivity index (χ1) is 16.1. The zero-order valence-electron chi connectivity index (χ0n) is 18.4. The molecule has 7 heteroatoms. The van der Waals surface area contributed by atoms with E-state index in [0.717, 1.165) is 5.69 Å². The van der Waals surface area contributed by atoms with Crippen LogP contribution in [0.4, 0.5) is 5.69 Å². The number of methoxy groups -OCH3 is 1. The summed E-state index contributed by atoms with van der Waals surface area (Å²) in [5.74, 6) is 0.0782. The third-order valence-electron chi connectivity index (χ3n) is 5.06. The van der Waals surface area contributed by atoms with Crippen LogP contribution in [-0.2, 0) is 0 Å². The Kier molecular flexibility index (Phi) is 6.50. The fourth-order valence-corrected chi connectivity index (χ4v) is 3.49. The van der Waals surface area contributed by atoms with Crippen LogP contribution in [0.2, 0.25) is 0 Å². The van der Waals surface area contributed by atoms with Crippen molar-refractivity contribution in [3.8, 4) is 22.7 Å². The van der Waals surface area contributed by atoms with Crippen molar-refractivity contribution in [3.63, 3.8) is 0 Å². The third-order valence-corrected chi connectivity index (χ3v) is 5.06. The Morgan fingerprint density at radius 3 is 2.45 bits per heavy atom. The second kappa shape index (κ2) is 9.82. The second-order valence-electron chi connectivity index (χ2n) is 7.27. The number of nitrogens with zero attached hydrogens (tertiary/aromatic N) is 2. The molecule has 1 aromatic heterocycles. The molecule has 7 nitrogen and oxygen atoms in total. The van der Waals surface area contributed by atoms with Gasteiger partial charge >= 0.3 is 0 Å². The highest BCUT2D eigenvalue weighted by Crippen LogP contribution is 2.32. The van der Waals surface area contributed by atoms with Gasteiger partial charge < -0.3 is 15.4 Å². The molecular weight excluding hydrogens is 416 g/mol. The SMILES string of the molecule is CCNC(=O)c1cccc(NC(=O)c2cn(-c3ccccc3)nc2-c2ccccc2OC)c1. The monoisotopic (exact) mass is 440 g/mol. The lowest BCUT2D eigenvalue weighted by atomic mass is 10.1. The molecule has 0 bridgehead atoms. The van der Waals surface area contributed by atoms with Crippen LogP contribution in [0.3, 0.4) is 0 Å². The molecule has 2 amide bonds. The van der Waals surface area contributed by atoms with E-state index in [2.05, 4.69) is 10.6 Å². The maximum absolute atomic E-state index is 13.4. The summed E-state index contributed by atoms with van der Waals surface area (Å²) in [6.45, 7) is 2.38. The van der Waals surface area contributed by atoms with Crippen molar-refractivity contribution in [2.75, 3.05) is 19.0 Å². The van der Waals surface area contributed by atoms with Gasteiger partial charge in [-0.1, -0.05) is 36.4 Å². The molecule has 166 valence electrons. The fourth-order valence-electron chi connectivity index (χ4n) is 3.49. The first-order valence-electron chi connectivity index (χ1n) is 10.6. The van der Waals surface area contributed by atoms with Crippen molar-refractivity contribution in [1.29, 1.82) is 0 Å². The summed E-state index contributed by atoms with van der Waals surface area (Å²) >= 11 is 0. The Hall–Kier alpha value is -4.39. The van der Waals surface area contributed by atoms with Crippen molar-refractivity contribution in [3.05, 3.63) is 96.2 Å². The summed E-state index contributed by atoms with van der Waals surface area (Å²) in [7, 11) is 1.58. The number of hydrogen-bond acceptors (Lipinski definition) is 4. The van der Waals surface area contributed by atoms with E-state index in [4.69, 9.17) is 9.84 Å². The van der Waals surface area contributed by atoms with Gasteiger partial charge in [0.1, 0.15) is 11.4 Å². The van der Waals surface area contributed by atoms with Gasteiger partial charge in [0.2, 0.25) is 0 Å². The minimum Gasteiger partial charge on any atom is -0.496 e. The summed E-state index contributed by atoms with van der Waals surface area (Å²) < 4.78 is 7.18.